The topological polar surface area (TPSA) is 100 Å². The average molecular weight is 503 g/mol. The summed E-state index contributed by atoms with van der Waals surface area (Å²) in [7, 11) is 3.48. The molecule has 6 rings (SSSR count). The first kappa shape index (κ1) is 23.1. The molecular weight excluding hydrogens is 475 g/mol. The Balaban J connectivity index is 1.35. The van der Waals surface area contributed by atoms with Crippen LogP contribution in [-0.2, 0) is 17.8 Å². The quantitative estimate of drug-likeness (QED) is 0.573. The molecule has 0 saturated carbocycles. The maximum absolute atomic E-state index is 14.6. The second kappa shape index (κ2) is 8.68. The van der Waals surface area contributed by atoms with Crippen LogP contribution in [0.5, 0.6) is 5.75 Å². The molecule has 2 unspecified atom stereocenters. The number of amidine groups is 1. The molecule has 3 aliphatic heterocycles. The molecule has 0 bridgehead atoms. The van der Waals surface area contributed by atoms with Crippen molar-refractivity contribution in [2.75, 3.05) is 26.0 Å². The molecule has 3 aromatic rings. The summed E-state index contributed by atoms with van der Waals surface area (Å²) < 4.78 is 22.0. The number of carbonyl (C=O) groups is 1. The first-order valence-corrected chi connectivity index (χ1v) is 12.2. The molecule has 0 aliphatic carbocycles. The van der Waals surface area contributed by atoms with Gasteiger partial charge in [0.05, 0.1) is 12.6 Å². The number of fused-ring (bicyclic) bond motifs is 3. The van der Waals surface area contributed by atoms with Crippen LogP contribution in [0.25, 0.3) is 11.2 Å². The number of nitrogens with zero attached hydrogens (tertiary/aromatic N) is 7. The smallest absolute Gasteiger partial charge is 0.249 e. The minimum atomic E-state index is -0.510. The molecule has 0 spiro atoms. The van der Waals surface area contributed by atoms with Crippen molar-refractivity contribution in [3.8, 4) is 5.75 Å². The molecule has 1 aromatic carbocycles. The van der Waals surface area contributed by atoms with E-state index in [1.54, 1.807) is 42.0 Å². The second-order valence-electron chi connectivity index (χ2n) is 9.60. The fourth-order valence-electron chi connectivity index (χ4n) is 5.23. The van der Waals surface area contributed by atoms with Crippen LogP contribution >= 0.6 is 0 Å². The molecule has 11 heteroatoms. The van der Waals surface area contributed by atoms with Gasteiger partial charge in [0.15, 0.2) is 11.7 Å². The van der Waals surface area contributed by atoms with Crippen molar-refractivity contribution in [1.29, 1.82) is 0 Å². The van der Waals surface area contributed by atoms with Crippen molar-refractivity contribution in [1.82, 2.24) is 29.4 Å². The van der Waals surface area contributed by atoms with Crippen molar-refractivity contribution in [2.24, 2.45) is 4.99 Å². The molecule has 1 amide bonds. The Morgan fingerprint density at radius 2 is 2.14 bits per heavy atom. The number of allylic oxidation sites excluding steroid dienone is 3. The minimum Gasteiger partial charge on any atom is -0.493 e. The van der Waals surface area contributed by atoms with Gasteiger partial charge in [0, 0.05) is 61.2 Å². The van der Waals surface area contributed by atoms with Crippen molar-refractivity contribution < 1.29 is 13.9 Å². The number of hydrogen-bond acceptors (Lipinski definition) is 8. The Morgan fingerprint density at radius 3 is 2.95 bits per heavy atom. The molecule has 0 fully saturated rings. The van der Waals surface area contributed by atoms with Crippen LogP contribution in [0.4, 0.5) is 10.3 Å². The van der Waals surface area contributed by atoms with E-state index in [0.717, 1.165) is 28.1 Å². The molecule has 190 valence electrons. The monoisotopic (exact) mass is 502 g/mol. The van der Waals surface area contributed by atoms with E-state index in [1.807, 2.05) is 26.0 Å². The lowest BCUT2D eigenvalue weighted by atomic mass is 10.0. The van der Waals surface area contributed by atoms with Gasteiger partial charge < -0.3 is 19.9 Å². The van der Waals surface area contributed by atoms with Gasteiger partial charge in [-0.25, -0.2) is 9.37 Å². The molecule has 37 heavy (non-hydrogen) atoms. The maximum atomic E-state index is 14.6. The zero-order valence-corrected chi connectivity index (χ0v) is 21.1. The van der Waals surface area contributed by atoms with E-state index in [1.165, 1.54) is 6.07 Å². The molecule has 2 atom stereocenters. The zero-order chi connectivity index (χ0) is 25.8. The average Bonchev–Trinajstić information content (AvgIpc) is 3.62. The van der Waals surface area contributed by atoms with Crippen LogP contribution in [0.3, 0.4) is 0 Å². The number of halogens is 1. The summed E-state index contributed by atoms with van der Waals surface area (Å²) in [4.78, 5) is 26.0. The summed E-state index contributed by atoms with van der Waals surface area (Å²) in [5, 5.41) is 11.7. The van der Waals surface area contributed by atoms with Crippen molar-refractivity contribution >= 4 is 28.9 Å². The SMILES string of the molecule is CC1=CC=C(c2cnc(NCc3c(F)ccc4c3CCO4)n3cnnc23)C2=NC(C(=O)N(C)C)C(C)N12. The Bertz CT molecular complexity index is 1520. The first-order chi connectivity index (χ1) is 17.8. The number of rotatable bonds is 5. The van der Waals surface area contributed by atoms with Crippen molar-refractivity contribution in [3.63, 3.8) is 0 Å². The molecule has 1 N–H and O–H groups in total. The summed E-state index contributed by atoms with van der Waals surface area (Å²) in [5.41, 5.74) is 4.59. The molecule has 3 aliphatic rings. The van der Waals surface area contributed by atoms with Crippen LogP contribution < -0.4 is 10.1 Å². The predicted molar refractivity (Wildman–Crippen MR) is 137 cm³/mol. The third-order valence-corrected chi connectivity index (χ3v) is 7.15. The lowest BCUT2D eigenvalue weighted by molar-refractivity contribution is -0.130. The molecule has 5 heterocycles. The summed E-state index contributed by atoms with van der Waals surface area (Å²) >= 11 is 0. The molecule has 0 radical (unpaired) electrons. The Morgan fingerprint density at radius 1 is 1.30 bits per heavy atom. The minimum absolute atomic E-state index is 0.0446. The normalized spacial score (nSPS) is 20.1. The van der Waals surface area contributed by atoms with Crippen LogP contribution in [-0.4, -0.2) is 73.9 Å². The largest absolute Gasteiger partial charge is 0.493 e. The van der Waals surface area contributed by atoms with Crippen LogP contribution in [0.2, 0.25) is 0 Å². The van der Waals surface area contributed by atoms with E-state index in [2.05, 4.69) is 25.4 Å². The Hall–Kier alpha value is -4.28. The van der Waals surface area contributed by atoms with Gasteiger partial charge in [-0.05, 0) is 38.1 Å². The Kier molecular flexibility index (Phi) is 5.43. The third-order valence-electron chi connectivity index (χ3n) is 7.15. The molecular formula is C26H27FN8O2. The number of ether oxygens (including phenoxy) is 1. The number of aromatic nitrogens is 4. The van der Waals surface area contributed by atoms with E-state index < -0.39 is 6.04 Å². The van der Waals surface area contributed by atoms with Gasteiger partial charge in [0.1, 0.15) is 23.7 Å². The predicted octanol–water partition coefficient (Wildman–Crippen LogP) is 2.67. The fraction of sp³-hybridized carbons (Fsp3) is 0.346. The molecule has 0 saturated heterocycles. The highest BCUT2D eigenvalue weighted by atomic mass is 19.1. The van der Waals surface area contributed by atoms with Gasteiger partial charge in [-0.15, -0.1) is 10.2 Å². The summed E-state index contributed by atoms with van der Waals surface area (Å²) in [6.07, 6.45) is 7.94. The highest BCUT2D eigenvalue weighted by Gasteiger charge is 2.41. The standard InChI is InChI=1S/C26H27FN8O2/c1-14-5-6-17(23-31-22(15(2)35(14)23)25(36)33(3)4)19-12-29-26(34-13-30-32-24(19)34)28-11-18-16-9-10-37-21(16)8-7-20(18)27/h5-8,12-13,15,22H,9-11H2,1-4H3,(H,28,29). The lowest BCUT2D eigenvalue weighted by Crippen LogP contribution is -2.43. The number of benzene rings is 1. The second-order valence-corrected chi connectivity index (χ2v) is 9.60. The van der Waals surface area contributed by atoms with Gasteiger partial charge in [0.2, 0.25) is 11.9 Å². The van der Waals surface area contributed by atoms with E-state index in [-0.39, 0.29) is 24.3 Å². The maximum Gasteiger partial charge on any atom is 0.249 e. The first-order valence-electron chi connectivity index (χ1n) is 12.2. The highest BCUT2D eigenvalue weighted by molar-refractivity contribution is 6.27. The fourth-order valence-corrected chi connectivity index (χ4v) is 5.23. The van der Waals surface area contributed by atoms with Gasteiger partial charge in [0.25, 0.3) is 0 Å². The number of amides is 1. The highest BCUT2D eigenvalue weighted by Crippen LogP contribution is 2.35. The summed E-state index contributed by atoms with van der Waals surface area (Å²) in [6.45, 7) is 4.81. The van der Waals surface area contributed by atoms with Crippen molar-refractivity contribution in [3.05, 3.63) is 65.0 Å². The number of carbonyl (C=O) groups excluding carboxylic acids is 1. The van der Waals surface area contributed by atoms with E-state index >= 15 is 0 Å². The van der Waals surface area contributed by atoms with Gasteiger partial charge >= 0.3 is 0 Å². The number of nitrogens with one attached hydrogen (secondary N) is 1. The van der Waals surface area contributed by atoms with Crippen LogP contribution in [0.15, 0.2) is 47.5 Å². The van der Waals surface area contributed by atoms with Crippen LogP contribution in [0.1, 0.15) is 30.5 Å². The van der Waals surface area contributed by atoms with E-state index in [0.29, 0.717) is 36.0 Å². The number of aliphatic imine (C=N–C) groups is 1. The van der Waals surface area contributed by atoms with E-state index in [9.17, 15) is 9.18 Å². The molecule has 2 aromatic heterocycles. The third kappa shape index (κ3) is 3.64. The number of anilines is 1. The number of likely N-dealkylation sites (N-methyl/N-ethyl adjacent to an activating group) is 1. The van der Waals surface area contributed by atoms with E-state index in [4.69, 9.17) is 9.73 Å². The van der Waals surface area contributed by atoms with Crippen LogP contribution in [0, 0.1) is 5.82 Å². The lowest BCUT2D eigenvalue weighted by Gasteiger charge is -2.31. The Labute approximate surface area is 213 Å². The zero-order valence-electron chi connectivity index (χ0n) is 21.1. The summed E-state index contributed by atoms with van der Waals surface area (Å²) in [6, 6.07) is 2.47. The van der Waals surface area contributed by atoms with Gasteiger partial charge in [-0.3, -0.25) is 14.2 Å². The number of hydrogen-bond donors (Lipinski definition) is 1. The van der Waals surface area contributed by atoms with Crippen molar-refractivity contribution in [2.45, 2.75) is 38.9 Å². The van der Waals surface area contributed by atoms with Gasteiger partial charge in [-0.1, -0.05) is 0 Å². The molecule has 10 nitrogen and oxygen atoms in total. The van der Waals surface area contributed by atoms with Gasteiger partial charge in [-0.2, -0.15) is 0 Å². The summed E-state index contributed by atoms with van der Waals surface area (Å²) in [5.74, 6) is 1.60.